The summed E-state index contributed by atoms with van der Waals surface area (Å²) in [5.74, 6) is 0.131. The van der Waals surface area contributed by atoms with Gasteiger partial charge in [0.25, 0.3) is 0 Å². The molecular weight excluding hydrogens is 440 g/mol. The molecule has 0 fully saturated rings. The maximum atomic E-state index is 11.6. The van der Waals surface area contributed by atoms with E-state index in [0.717, 1.165) is 19.6 Å². The molecular formula is C26H22O4S2. The number of esters is 2. The van der Waals surface area contributed by atoms with Crippen LogP contribution < -0.4 is 9.47 Å². The third-order valence-electron chi connectivity index (χ3n) is 4.06. The first kappa shape index (κ1) is 23.4. The van der Waals surface area contributed by atoms with Crippen molar-refractivity contribution in [2.75, 3.05) is 0 Å². The highest BCUT2D eigenvalue weighted by molar-refractivity contribution is 7.99. The Morgan fingerprint density at radius 3 is 1.06 bits per heavy atom. The summed E-state index contributed by atoms with van der Waals surface area (Å²) in [5.41, 5.74) is 0.729. The van der Waals surface area contributed by atoms with Crippen LogP contribution in [-0.4, -0.2) is 11.9 Å². The van der Waals surface area contributed by atoms with Gasteiger partial charge in [0, 0.05) is 30.7 Å². The molecule has 3 rings (SSSR count). The van der Waals surface area contributed by atoms with Crippen molar-refractivity contribution in [3.8, 4) is 11.5 Å². The van der Waals surface area contributed by atoms with Gasteiger partial charge in [0.1, 0.15) is 11.5 Å². The Kier molecular flexibility index (Phi) is 7.98. The first-order valence-electron chi connectivity index (χ1n) is 9.71. The van der Waals surface area contributed by atoms with Crippen molar-refractivity contribution in [1.29, 1.82) is 0 Å². The zero-order chi connectivity index (χ0) is 23.1. The molecule has 0 unspecified atom stereocenters. The van der Waals surface area contributed by atoms with Crippen LogP contribution in [0, 0.1) is 0 Å². The van der Waals surface area contributed by atoms with Crippen LogP contribution in [0.4, 0.5) is 0 Å². The lowest BCUT2D eigenvalue weighted by Crippen LogP contribution is -2.07. The summed E-state index contributed by atoms with van der Waals surface area (Å²) in [4.78, 5) is 27.4. The van der Waals surface area contributed by atoms with Gasteiger partial charge in [-0.25, -0.2) is 9.59 Å². The Balaban J connectivity index is 1.56. The van der Waals surface area contributed by atoms with Gasteiger partial charge in [0.05, 0.1) is 0 Å². The maximum absolute atomic E-state index is 11.6. The molecule has 0 amide bonds. The van der Waals surface area contributed by atoms with Crippen LogP contribution in [0.2, 0.25) is 0 Å². The highest BCUT2D eigenvalue weighted by atomic mass is 32.2. The smallest absolute Gasteiger partial charge is 0.338 e. The zero-order valence-electron chi connectivity index (χ0n) is 17.8. The molecule has 0 atom stereocenters. The average molecular weight is 463 g/mol. The quantitative estimate of drug-likeness (QED) is 0.205. The fraction of sp³-hybridized carbons (Fsp3) is 0.0769. The SMILES string of the molecule is C=C(C)C(=O)Oc1ccc(Sc2ccc(Sc3ccc(OC(=O)C(=C)C)cc3)cc2)cc1. The van der Waals surface area contributed by atoms with Crippen molar-refractivity contribution in [3.63, 3.8) is 0 Å². The van der Waals surface area contributed by atoms with Gasteiger partial charge in [-0.1, -0.05) is 36.7 Å². The minimum atomic E-state index is -0.430. The van der Waals surface area contributed by atoms with E-state index in [4.69, 9.17) is 9.47 Å². The Bertz CT molecular complexity index is 1040. The molecule has 0 heterocycles. The molecule has 0 aliphatic heterocycles. The molecule has 0 aliphatic carbocycles. The van der Waals surface area contributed by atoms with Gasteiger partial charge in [0.15, 0.2) is 0 Å². The molecule has 0 aliphatic rings. The molecule has 0 N–H and O–H groups in total. The third kappa shape index (κ3) is 6.90. The van der Waals surface area contributed by atoms with Gasteiger partial charge in [0.2, 0.25) is 0 Å². The molecule has 0 saturated carbocycles. The van der Waals surface area contributed by atoms with Crippen LogP contribution in [0.3, 0.4) is 0 Å². The van der Waals surface area contributed by atoms with E-state index in [-0.39, 0.29) is 0 Å². The summed E-state index contributed by atoms with van der Waals surface area (Å²) in [6.45, 7) is 10.4. The van der Waals surface area contributed by atoms with E-state index >= 15 is 0 Å². The number of rotatable bonds is 8. The average Bonchev–Trinajstić information content (AvgIpc) is 2.77. The molecule has 3 aromatic carbocycles. The molecule has 0 saturated heterocycles. The van der Waals surface area contributed by atoms with Crippen LogP contribution in [0.25, 0.3) is 0 Å². The third-order valence-corrected chi connectivity index (χ3v) is 6.09. The molecule has 32 heavy (non-hydrogen) atoms. The second-order valence-corrected chi connectivity index (χ2v) is 9.25. The highest BCUT2D eigenvalue weighted by Gasteiger charge is 2.07. The number of ether oxygens (including phenoxy) is 2. The Morgan fingerprint density at radius 1 is 0.562 bits per heavy atom. The summed E-state index contributed by atoms with van der Waals surface area (Å²) in [7, 11) is 0. The lowest BCUT2D eigenvalue weighted by atomic mass is 10.3. The van der Waals surface area contributed by atoms with Crippen LogP contribution in [-0.2, 0) is 9.59 Å². The van der Waals surface area contributed by atoms with Crippen LogP contribution in [0.5, 0.6) is 11.5 Å². The lowest BCUT2D eigenvalue weighted by molar-refractivity contribution is -0.130. The zero-order valence-corrected chi connectivity index (χ0v) is 19.4. The fourth-order valence-corrected chi connectivity index (χ4v) is 4.02. The molecule has 0 spiro atoms. The van der Waals surface area contributed by atoms with E-state index in [1.165, 1.54) is 0 Å². The van der Waals surface area contributed by atoms with Crippen molar-refractivity contribution >= 4 is 35.5 Å². The second-order valence-electron chi connectivity index (χ2n) is 6.96. The summed E-state index contributed by atoms with van der Waals surface area (Å²) in [6, 6.07) is 23.0. The molecule has 0 radical (unpaired) electrons. The minimum Gasteiger partial charge on any atom is -0.423 e. The Hall–Kier alpha value is -3.22. The summed E-state index contributed by atoms with van der Waals surface area (Å²) < 4.78 is 10.4. The molecule has 0 bridgehead atoms. The van der Waals surface area contributed by atoms with Crippen LogP contribution in [0.15, 0.2) is 117 Å². The van der Waals surface area contributed by atoms with E-state index in [1.54, 1.807) is 61.6 Å². The summed E-state index contributed by atoms with van der Waals surface area (Å²) in [6.07, 6.45) is 0. The van der Waals surface area contributed by atoms with Crippen molar-refractivity contribution in [1.82, 2.24) is 0 Å². The predicted octanol–water partition coefficient (Wildman–Crippen LogP) is 6.95. The highest BCUT2D eigenvalue weighted by Crippen LogP contribution is 2.33. The van der Waals surface area contributed by atoms with Crippen molar-refractivity contribution in [2.45, 2.75) is 33.4 Å². The summed E-state index contributed by atoms with van der Waals surface area (Å²) >= 11 is 3.25. The van der Waals surface area contributed by atoms with Crippen molar-refractivity contribution in [2.24, 2.45) is 0 Å². The Labute approximate surface area is 196 Å². The standard InChI is InChI=1S/C26H22O4S2/c1-17(2)25(27)29-19-5-9-21(10-6-19)31-23-13-15-24(16-14-23)32-22-11-7-20(8-12-22)30-26(28)18(3)4/h5-16H,1,3H2,2,4H3. The van der Waals surface area contributed by atoms with Crippen molar-refractivity contribution < 1.29 is 19.1 Å². The molecule has 6 heteroatoms. The first-order valence-corrected chi connectivity index (χ1v) is 11.3. The summed E-state index contributed by atoms with van der Waals surface area (Å²) in [5, 5.41) is 0. The molecule has 0 aromatic heterocycles. The van der Waals surface area contributed by atoms with Gasteiger partial charge in [-0.2, -0.15) is 0 Å². The number of hydrogen-bond donors (Lipinski definition) is 0. The van der Waals surface area contributed by atoms with Gasteiger partial charge in [-0.15, -0.1) is 0 Å². The normalized spacial score (nSPS) is 10.3. The van der Waals surface area contributed by atoms with Crippen LogP contribution >= 0.6 is 23.5 Å². The number of carbonyl (C=O) groups is 2. The van der Waals surface area contributed by atoms with E-state index in [2.05, 4.69) is 37.4 Å². The fourth-order valence-electron chi connectivity index (χ4n) is 2.39. The van der Waals surface area contributed by atoms with Crippen LogP contribution in [0.1, 0.15) is 13.8 Å². The number of carbonyl (C=O) groups excluding carboxylic acids is 2. The van der Waals surface area contributed by atoms with E-state index in [9.17, 15) is 9.59 Å². The molecule has 4 nitrogen and oxygen atoms in total. The number of hydrogen-bond acceptors (Lipinski definition) is 6. The minimum absolute atomic E-state index is 0.364. The number of benzene rings is 3. The van der Waals surface area contributed by atoms with Gasteiger partial charge in [-0.3, -0.25) is 0 Å². The lowest BCUT2D eigenvalue weighted by Gasteiger charge is -2.07. The van der Waals surface area contributed by atoms with Gasteiger partial charge >= 0.3 is 11.9 Å². The maximum Gasteiger partial charge on any atom is 0.338 e. The van der Waals surface area contributed by atoms with Gasteiger partial charge in [-0.05, 0) is 86.6 Å². The molecule has 162 valence electrons. The molecule has 3 aromatic rings. The predicted molar refractivity (Wildman–Crippen MR) is 128 cm³/mol. The first-order chi connectivity index (χ1) is 15.3. The van der Waals surface area contributed by atoms with Gasteiger partial charge < -0.3 is 9.47 Å². The Morgan fingerprint density at radius 2 is 0.812 bits per heavy atom. The second kappa shape index (κ2) is 10.9. The van der Waals surface area contributed by atoms with Crippen molar-refractivity contribution in [3.05, 3.63) is 97.1 Å². The monoisotopic (exact) mass is 462 g/mol. The largest absolute Gasteiger partial charge is 0.423 e. The van der Waals surface area contributed by atoms with E-state index in [0.29, 0.717) is 22.6 Å². The topological polar surface area (TPSA) is 52.6 Å². The van der Waals surface area contributed by atoms with E-state index in [1.807, 2.05) is 24.3 Å². The van der Waals surface area contributed by atoms with E-state index < -0.39 is 11.9 Å².